The van der Waals surface area contributed by atoms with Gasteiger partial charge in [-0.1, -0.05) is 33.6 Å². The fraction of sp³-hybridized carbons (Fsp3) is 0.231. The number of hydrogen-bond acceptors (Lipinski definition) is 2. The second-order valence-corrected chi connectivity index (χ2v) is 7.72. The van der Waals surface area contributed by atoms with E-state index in [4.69, 9.17) is 11.6 Å². The fourth-order valence-corrected chi connectivity index (χ4v) is 4.30. The van der Waals surface area contributed by atoms with Crippen LogP contribution in [-0.2, 0) is 0 Å². The summed E-state index contributed by atoms with van der Waals surface area (Å²) in [7, 11) is 1.95. The Labute approximate surface area is 133 Å². The Morgan fingerprint density at radius 1 is 1.28 bits per heavy atom. The maximum absolute atomic E-state index is 6.32. The average molecular weight is 410 g/mol. The lowest BCUT2D eigenvalue weighted by Gasteiger charge is -2.16. The van der Waals surface area contributed by atoms with Crippen molar-refractivity contribution in [3.8, 4) is 0 Å². The molecule has 1 aromatic heterocycles. The first-order valence-corrected chi connectivity index (χ1v) is 8.19. The number of rotatable bonds is 3. The monoisotopic (exact) mass is 407 g/mol. The van der Waals surface area contributed by atoms with Crippen LogP contribution in [0.4, 0.5) is 0 Å². The molecule has 0 spiro atoms. The number of hydrogen-bond donors (Lipinski definition) is 1. The van der Waals surface area contributed by atoms with E-state index in [1.165, 1.54) is 14.2 Å². The van der Waals surface area contributed by atoms with Gasteiger partial charge in [-0.2, -0.15) is 0 Å². The molecule has 0 aliphatic carbocycles. The summed E-state index contributed by atoms with van der Waals surface area (Å²) >= 11 is 15.1. The van der Waals surface area contributed by atoms with Crippen LogP contribution in [0.2, 0.25) is 5.02 Å². The van der Waals surface area contributed by atoms with Crippen LogP contribution < -0.4 is 5.32 Å². The standard InChI is InChI=1S/C13H12Br2ClNS/c1-7-5-11(18-13(7)15)12(17-2)9-4-3-8(14)6-10(9)16/h3-6,12,17H,1-2H3. The zero-order valence-electron chi connectivity index (χ0n) is 9.93. The molecule has 0 amide bonds. The van der Waals surface area contributed by atoms with Gasteiger partial charge in [0.25, 0.3) is 0 Å². The molecule has 96 valence electrons. The summed E-state index contributed by atoms with van der Waals surface area (Å²) in [5, 5.41) is 4.09. The Kier molecular flexibility index (Phi) is 4.89. The Morgan fingerprint density at radius 2 is 2.00 bits per heavy atom. The van der Waals surface area contributed by atoms with Crippen molar-refractivity contribution >= 4 is 54.8 Å². The van der Waals surface area contributed by atoms with Crippen molar-refractivity contribution in [3.05, 3.63) is 53.6 Å². The highest BCUT2D eigenvalue weighted by Gasteiger charge is 2.18. The molecule has 0 saturated heterocycles. The molecule has 1 nitrogen and oxygen atoms in total. The predicted molar refractivity (Wildman–Crippen MR) is 86.8 cm³/mol. The average Bonchev–Trinajstić information content (AvgIpc) is 2.63. The van der Waals surface area contributed by atoms with Crippen molar-refractivity contribution in [2.75, 3.05) is 7.05 Å². The molecule has 18 heavy (non-hydrogen) atoms. The molecule has 1 atom stereocenters. The van der Waals surface area contributed by atoms with Crippen molar-refractivity contribution in [2.45, 2.75) is 13.0 Å². The van der Waals surface area contributed by atoms with E-state index < -0.39 is 0 Å². The topological polar surface area (TPSA) is 12.0 Å². The third kappa shape index (κ3) is 2.99. The third-order valence-electron chi connectivity index (χ3n) is 2.72. The number of thiophene rings is 1. The van der Waals surface area contributed by atoms with Gasteiger partial charge in [-0.3, -0.25) is 0 Å². The summed E-state index contributed by atoms with van der Waals surface area (Å²) in [5.41, 5.74) is 2.35. The smallest absolute Gasteiger partial charge is 0.0731 e. The summed E-state index contributed by atoms with van der Waals surface area (Å²) in [6, 6.07) is 8.31. The van der Waals surface area contributed by atoms with E-state index in [0.29, 0.717) is 0 Å². The maximum Gasteiger partial charge on any atom is 0.0731 e. The van der Waals surface area contributed by atoms with Gasteiger partial charge < -0.3 is 5.32 Å². The van der Waals surface area contributed by atoms with Crippen LogP contribution in [0.5, 0.6) is 0 Å². The van der Waals surface area contributed by atoms with Crippen LogP contribution in [0.1, 0.15) is 22.0 Å². The van der Waals surface area contributed by atoms with Crippen LogP contribution in [0.3, 0.4) is 0 Å². The molecule has 0 fully saturated rings. The number of halogens is 3. The SMILES string of the molecule is CNC(c1cc(C)c(Br)s1)c1ccc(Br)cc1Cl. The molecule has 1 heterocycles. The van der Waals surface area contributed by atoms with Crippen LogP contribution in [0, 0.1) is 6.92 Å². The summed E-state index contributed by atoms with van der Waals surface area (Å²) < 4.78 is 2.17. The highest BCUT2D eigenvalue weighted by atomic mass is 79.9. The van der Waals surface area contributed by atoms with Crippen molar-refractivity contribution in [1.82, 2.24) is 5.32 Å². The lowest BCUT2D eigenvalue weighted by atomic mass is 10.1. The minimum Gasteiger partial charge on any atom is -0.309 e. The fourth-order valence-electron chi connectivity index (χ4n) is 1.81. The van der Waals surface area contributed by atoms with E-state index >= 15 is 0 Å². The van der Waals surface area contributed by atoms with E-state index in [-0.39, 0.29) is 6.04 Å². The molecular formula is C13H12Br2ClNS. The molecule has 1 N–H and O–H groups in total. The Hall–Kier alpha value is 0.130. The minimum atomic E-state index is 0.126. The Balaban J connectivity index is 2.45. The van der Waals surface area contributed by atoms with Crippen molar-refractivity contribution in [3.63, 3.8) is 0 Å². The normalized spacial score (nSPS) is 12.7. The minimum absolute atomic E-state index is 0.126. The Bertz CT molecular complexity index is 549. The highest BCUT2D eigenvalue weighted by Crippen LogP contribution is 2.37. The van der Waals surface area contributed by atoms with Gasteiger partial charge in [0.15, 0.2) is 0 Å². The third-order valence-corrected chi connectivity index (χ3v) is 5.75. The van der Waals surface area contributed by atoms with E-state index in [1.54, 1.807) is 11.3 Å². The molecule has 2 rings (SSSR count). The van der Waals surface area contributed by atoms with Crippen molar-refractivity contribution in [1.29, 1.82) is 0 Å². The zero-order valence-corrected chi connectivity index (χ0v) is 14.7. The molecule has 0 aliphatic rings. The molecule has 0 bridgehead atoms. The molecule has 0 aliphatic heterocycles. The Morgan fingerprint density at radius 3 is 2.50 bits per heavy atom. The quantitative estimate of drug-likeness (QED) is 0.701. The van der Waals surface area contributed by atoms with Gasteiger partial charge in [0, 0.05) is 14.4 Å². The van der Waals surface area contributed by atoms with E-state index in [0.717, 1.165) is 15.1 Å². The van der Waals surface area contributed by atoms with Gasteiger partial charge in [0.2, 0.25) is 0 Å². The lowest BCUT2D eigenvalue weighted by Crippen LogP contribution is -2.16. The van der Waals surface area contributed by atoms with Crippen LogP contribution >= 0.6 is 54.8 Å². The molecular weight excluding hydrogens is 397 g/mol. The molecule has 0 radical (unpaired) electrons. The summed E-state index contributed by atoms with van der Waals surface area (Å²) in [5.74, 6) is 0. The first-order chi connectivity index (χ1) is 8.52. The summed E-state index contributed by atoms with van der Waals surface area (Å²) in [6.07, 6.45) is 0. The first-order valence-electron chi connectivity index (χ1n) is 5.41. The second kappa shape index (κ2) is 6.06. The van der Waals surface area contributed by atoms with Gasteiger partial charge in [0.1, 0.15) is 0 Å². The molecule has 1 aromatic carbocycles. The largest absolute Gasteiger partial charge is 0.309 e. The van der Waals surface area contributed by atoms with Crippen LogP contribution in [0.15, 0.2) is 32.5 Å². The summed E-state index contributed by atoms with van der Waals surface area (Å²) in [6.45, 7) is 2.10. The number of nitrogens with one attached hydrogen (secondary N) is 1. The zero-order chi connectivity index (χ0) is 13.3. The second-order valence-electron chi connectivity index (χ2n) is 3.99. The van der Waals surface area contributed by atoms with E-state index in [1.807, 2.05) is 19.2 Å². The van der Waals surface area contributed by atoms with Gasteiger partial charge in [-0.25, -0.2) is 0 Å². The van der Waals surface area contributed by atoms with Crippen molar-refractivity contribution in [2.24, 2.45) is 0 Å². The van der Waals surface area contributed by atoms with Gasteiger partial charge in [-0.05, 0) is 59.2 Å². The lowest BCUT2D eigenvalue weighted by molar-refractivity contribution is 0.703. The van der Waals surface area contributed by atoms with E-state index in [2.05, 4.69) is 56.2 Å². The molecule has 5 heteroatoms. The maximum atomic E-state index is 6.32. The predicted octanol–water partition coefficient (Wildman–Crippen LogP) is 5.54. The number of benzene rings is 1. The molecule has 1 unspecified atom stereocenters. The molecule has 2 aromatic rings. The molecule has 0 saturated carbocycles. The van der Waals surface area contributed by atoms with Gasteiger partial charge in [0.05, 0.1) is 9.83 Å². The highest BCUT2D eigenvalue weighted by molar-refractivity contribution is 9.11. The van der Waals surface area contributed by atoms with Crippen LogP contribution in [-0.4, -0.2) is 7.05 Å². The number of aryl methyl sites for hydroxylation is 1. The van der Waals surface area contributed by atoms with Gasteiger partial charge >= 0.3 is 0 Å². The van der Waals surface area contributed by atoms with Gasteiger partial charge in [-0.15, -0.1) is 11.3 Å². The van der Waals surface area contributed by atoms with E-state index in [9.17, 15) is 0 Å². The van der Waals surface area contributed by atoms with Crippen LogP contribution in [0.25, 0.3) is 0 Å². The summed E-state index contributed by atoms with van der Waals surface area (Å²) in [4.78, 5) is 1.26. The van der Waals surface area contributed by atoms with Crippen molar-refractivity contribution < 1.29 is 0 Å². The first kappa shape index (κ1) is 14.5.